The molecule has 106 valence electrons. The monoisotopic (exact) mass is 436 g/mol. The van der Waals surface area contributed by atoms with E-state index < -0.39 is 0 Å². The van der Waals surface area contributed by atoms with Crippen molar-refractivity contribution in [3.8, 4) is 5.75 Å². The number of aryl methyl sites for hydroxylation is 1. The zero-order valence-electron chi connectivity index (χ0n) is 10.9. The molecule has 0 aliphatic rings. The molecule has 0 heterocycles. The summed E-state index contributed by atoms with van der Waals surface area (Å²) >= 11 is 19.8. The highest BCUT2D eigenvalue weighted by molar-refractivity contribution is 9.11. The summed E-state index contributed by atoms with van der Waals surface area (Å²) in [5.74, 6) is 0.697. The SMILES string of the molecule is COc1c(Br)cc(Cl)cc1C(Cl)c1cccc(C)c1Br. The van der Waals surface area contributed by atoms with Gasteiger partial charge in [-0.25, -0.2) is 0 Å². The van der Waals surface area contributed by atoms with Gasteiger partial charge in [-0.05, 0) is 46.1 Å². The Morgan fingerprint density at radius 2 is 1.85 bits per heavy atom. The molecule has 0 fully saturated rings. The fourth-order valence-corrected chi connectivity index (χ4v) is 3.98. The molecule has 5 heteroatoms. The maximum Gasteiger partial charge on any atom is 0.138 e. The highest BCUT2D eigenvalue weighted by Gasteiger charge is 2.21. The van der Waals surface area contributed by atoms with Crippen molar-refractivity contribution < 1.29 is 4.74 Å². The zero-order chi connectivity index (χ0) is 14.9. The van der Waals surface area contributed by atoms with Crippen LogP contribution in [0, 0.1) is 6.92 Å². The Morgan fingerprint density at radius 3 is 2.50 bits per heavy atom. The number of benzene rings is 2. The number of ether oxygens (including phenoxy) is 1. The first kappa shape index (κ1) is 16.2. The van der Waals surface area contributed by atoms with Crippen LogP contribution in [0.1, 0.15) is 22.1 Å². The summed E-state index contributed by atoms with van der Waals surface area (Å²) in [5.41, 5.74) is 2.95. The van der Waals surface area contributed by atoms with Crippen LogP contribution in [-0.2, 0) is 0 Å². The van der Waals surface area contributed by atoms with Crippen LogP contribution in [0.2, 0.25) is 5.02 Å². The second-order valence-corrected chi connectivity index (χ2v) is 6.87. The second-order valence-electron chi connectivity index (χ2n) is 4.35. The predicted octanol–water partition coefficient (Wildman–Crippen LogP) is 6.51. The topological polar surface area (TPSA) is 9.23 Å². The van der Waals surface area contributed by atoms with Gasteiger partial charge >= 0.3 is 0 Å². The maximum absolute atomic E-state index is 6.65. The molecule has 0 aliphatic heterocycles. The Balaban J connectivity index is 2.58. The van der Waals surface area contributed by atoms with Gasteiger partial charge in [-0.3, -0.25) is 0 Å². The molecular formula is C15H12Br2Cl2O. The lowest BCUT2D eigenvalue weighted by Crippen LogP contribution is -2.00. The number of halogens is 4. The van der Waals surface area contributed by atoms with Gasteiger partial charge in [0.05, 0.1) is 17.0 Å². The van der Waals surface area contributed by atoms with E-state index in [1.807, 2.05) is 31.2 Å². The minimum absolute atomic E-state index is 0.353. The maximum atomic E-state index is 6.65. The van der Waals surface area contributed by atoms with Crippen molar-refractivity contribution in [1.29, 1.82) is 0 Å². The predicted molar refractivity (Wildman–Crippen MR) is 92.3 cm³/mol. The highest BCUT2D eigenvalue weighted by atomic mass is 79.9. The summed E-state index contributed by atoms with van der Waals surface area (Å²) in [6.45, 7) is 2.03. The molecule has 0 saturated carbocycles. The smallest absolute Gasteiger partial charge is 0.138 e. The van der Waals surface area contributed by atoms with Crippen LogP contribution in [0.4, 0.5) is 0 Å². The highest BCUT2D eigenvalue weighted by Crippen LogP contribution is 2.43. The molecule has 2 aromatic carbocycles. The lowest BCUT2D eigenvalue weighted by Gasteiger charge is -2.18. The Hall–Kier alpha value is -0.220. The Bertz CT molecular complexity index is 644. The van der Waals surface area contributed by atoms with Gasteiger partial charge in [0.15, 0.2) is 0 Å². The van der Waals surface area contributed by atoms with Crippen molar-refractivity contribution >= 4 is 55.1 Å². The van der Waals surface area contributed by atoms with Crippen molar-refractivity contribution in [1.82, 2.24) is 0 Å². The van der Waals surface area contributed by atoms with E-state index in [1.165, 1.54) is 0 Å². The molecule has 0 saturated heterocycles. The average Bonchev–Trinajstić information content (AvgIpc) is 2.40. The second kappa shape index (κ2) is 6.69. The molecule has 1 unspecified atom stereocenters. The average molecular weight is 439 g/mol. The van der Waals surface area contributed by atoms with Crippen LogP contribution >= 0.6 is 55.1 Å². The summed E-state index contributed by atoms with van der Waals surface area (Å²) in [6, 6.07) is 9.62. The quantitative estimate of drug-likeness (QED) is 0.496. The minimum Gasteiger partial charge on any atom is -0.495 e. The molecule has 0 N–H and O–H groups in total. The third-order valence-electron chi connectivity index (χ3n) is 3.01. The van der Waals surface area contributed by atoms with Gasteiger partial charge in [0.25, 0.3) is 0 Å². The van der Waals surface area contributed by atoms with Crippen LogP contribution in [0.3, 0.4) is 0 Å². The van der Waals surface area contributed by atoms with Crippen molar-refractivity contribution in [2.75, 3.05) is 7.11 Å². The van der Waals surface area contributed by atoms with Gasteiger partial charge < -0.3 is 4.74 Å². The lowest BCUT2D eigenvalue weighted by atomic mass is 10.0. The van der Waals surface area contributed by atoms with E-state index in [0.29, 0.717) is 10.8 Å². The van der Waals surface area contributed by atoms with Crippen molar-refractivity contribution in [2.24, 2.45) is 0 Å². The molecule has 0 aromatic heterocycles. The molecule has 1 nitrogen and oxygen atoms in total. The fraction of sp³-hybridized carbons (Fsp3) is 0.200. The van der Waals surface area contributed by atoms with E-state index in [2.05, 4.69) is 31.9 Å². The summed E-state index contributed by atoms with van der Waals surface area (Å²) in [6.07, 6.45) is 0. The van der Waals surface area contributed by atoms with E-state index >= 15 is 0 Å². The van der Waals surface area contributed by atoms with Crippen LogP contribution in [0.25, 0.3) is 0 Å². The molecule has 0 aliphatic carbocycles. The van der Waals surface area contributed by atoms with Crippen molar-refractivity contribution in [2.45, 2.75) is 12.3 Å². The first-order valence-corrected chi connectivity index (χ1v) is 8.27. The number of alkyl halides is 1. The Kier molecular flexibility index (Phi) is 5.41. The van der Waals surface area contributed by atoms with Crippen LogP contribution in [0.5, 0.6) is 5.75 Å². The minimum atomic E-state index is -0.353. The molecular weight excluding hydrogens is 427 g/mol. The summed E-state index contributed by atoms with van der Waals surface area (Å²) in [4.78, 5) is 0. The van der Waals surface area contributed by atoms with Crippen LogP contribution < -0.4 is 4.74 Å². The van der Waals surface area contributed by atoms with Gasteiger partial charge in [0.2, 0.25) is 0 Å². The number of hydrogen-bond donors (Lipinski definition) is 0. The molecule has 0 spiro atoms. The molecule has 0 radical (unpaired) electrons. The van der Waals surface area contributed by atoms with Crippen molar-refractivity contribution in [3.05, 3.63) is 61.0 Å². The van der Waals surface area contributed by atoms with Gasteiger partial charge in [0, 0.05) is 15.1 Å². The van der Waals surface area contributed by atoms with E-state index in [0.717, 1.165) is 25.6 Å². The molecule has 1 atom stereocenters. The van der Waals surface area contributed by atoms with Gasteiger partial charge in [-0.15, -0.1) is 11.6 Å². The fourth-order valence-electron chi connectivity index (χ4n) is 2.02. The van der Waals surface area contributed by atoms with E-state index in [9.17, 15) is 0 Å². The summed E-state index contributed by atoms with van der Waals surface area (Å²) in [7, 11) is 1.62. The van der Waals surface area contributed by atoms with Gasteiger partial charge in [-0.1, -0.05) is 45.7 Å². The molecule has 2 aromatic rings. The first-order chi connectivity index (χ1) is 9.45. The Morgan fingerprint density at radius 1 is 1.15 bits per heavy atom. The molecule has 20 heavy (non-hydrogen) atoms. The van der Waals surface area contributed by atoms with Crippen LogP contribution in [-0.4, -0.2) is 7.11 Å². The molecule has 0 bridgehead atoms. The summed E-state index contributed by atoms with van der Waals surface area (Å²) in [5, 5.41) is 0.260. The van der Waals surface area contributed by atoms with Crippen molar-refractivity contribution in [3.63, 3.8) is 0 Å². The zero-order valence-corrected chi connectivity index (χ0v) is 15.6. The standard InChI is InChI=1S/C15H12Br2Cl2O/c1-8-4-3-5-10(13(8)17)14(19)11-6-9(18)7-12(16)15(11)20-2/h3-7,14H,1-2H3. The van der Waals surface area contributed by atoms with E-state index in [-0.39, 0.29) is 5.38 Å². The van der Waals surface area contributed by atoms with E-state index in [1.54, 1.807) is 13.2 Å². The Labute approximate surface area is 145 Å². The largest absolute Gasteiger partial charge is 0.495 e. The lowest BCUT2D eigenvalue weighted by molar-refractivity contribution is 0.407. The third-order valence-corrected chi connectivity index (χ3v) is 5.37. The normalized spacial score (nSPS) is 12.3. The number of methoxy groups -OCH3 is 1. The van der Waals surface area contributed by atoms with Crippen LogP contribution in [0.15, 0.2) is 39.3 Å². The number of hydrogen-bond acceptors (Lipinski definition) is 1. The summed E-state index contributed by atoms with van der Waals surface area (Å²) < 4.78 is 7.23. The first-order valence-electron chi connectivity index (χ1n) is 5.87. The number of rotatable bonds is 3. The molecule has 2 rings (SSSR count). The van der Waals surface area contributed by atoms with Gasteiger partial charge in [-0.2, -0.15) is 0 Å². The van der Waals surface area contributed by atoms with Gasteiger partial charge in [0.1, 0.15) is 5.75 Å². The van der Waals surface area contributed by atoms with E-state index in [4.69, 9.17) is 27.9 Å². The third kappa shape index (κ3) is 3.16. The molecule has 0 amide bonds.